The molecule has 0 spiro atoms. The minimum atomic E-state index is -0.438. The van der Waals surface area contributed by atoms with Crippen LogP contribution >= 0.6 is 35.0 Å². The maximum Gasteiger partial charge on any atom is 0.238 e. The van der Waals surface area contributed by atoms with Crippen molar-refractivity contribution in [2.75, 3.05) is 12.4 Å². The molecule has 7 nitrogen and oxygen atoms in total. The molecule has 0 aliphatic heterocycles. The molecule has 0 aliphatic rings. The first-order valence-electron chi connectivity index (χ1n) is 7.81. The highest BCUT2D eigenvalue weighted by Crippen LogP contribution is 2.31. The molecule has 2 aromatic heterocycles. The number of anilines is 1. The van der Waals surface area contributed by atoms with Crippen molar-refractivity contribution in [2.45, 2.75) is 17.3 Å². The summed E-state index contributed by atoms with van der Waals surface area (Å²) in [6.45, 7) is 1.76. The van der Waals surface area contributed by atoms with Crippen LogP contribution in [0.3, 0.4) is 0 Å². The van der Waals surface area contributed by atoms with E-state index in [2.05, 4.69) is 25.5 Å². The number of methoxy groups -OCH3 is 1. The van der Waals surface area contributed by atoms with E-state index >= 15 is 0 Å². The number of nitrogens with zero attached hydrogens (tertiary/aromatic N) is 3. The molecule has 2 N–H and O–H groups in total. The Morgan fingerprint density at radius 2 is 2.04 bits per heavy atom. The van der Waals surface area contributed by atoms with Crippen LogP contribution in [0, 0.1) is 0 Å². The fourth-order valence-electron chi connectivity index (χ4n) is 2.17. The number of thioether (sulfide) groups is 1. The SMILES string of the molecule is COc1ccc(Cl)cc1-c1nc(SC(C)C(=O)Nc2ccc(Cl)cn2)n[nH]1. The highest BCUT2D eigenvalue weighted by atomic mass is 35.5. The first kappa shape index (κ1) is 19.5. The molecule has 3 aromatic rings. The minimum absolute atomic E-state index is 0.221. The molecule has 140 valence electrons. The van der Waals surface area contributed by atoms with Crippen molar-refractivity contribution >= 4 is 46.7 Å². The average molecular weight is 424 g/mol. The molecule has 1 unspecified atom stereocenters. The summed E-state index contributed by atoms with van der Waals surface area (Å²) in [5, 5.41) is 10.8. The molecule has 0 saturated carbocycles. The summed E-state index contributed by atoms with van der Waals surface area (Å²) in [5.74, 6) is 1.33. The number of benzene rings is 1. The van der Waals surface area contributed by atoms with Crippen molar-refractivity contribution in [3.8, 4) is 17.1 Å². The molecule has 27 heavy (non-hydrogen) atoms. The lowest BCUT2D eigenvalue weighted by Gasteiger charge is -2.09. The summed E-state index contributed by atoms with van der Waals surface area (Å²) in [6.07, 6.45) is 1.47. The number of ether oxygens (including phenoxy) is 1. The highest BCUT2D eigenvalue weighted by molar-refractivity contribution is 8.00. The van der Waals surface area contributed by atoms with Crippen molar-refractivity contribution in [1.29, 1.82) is 0 Å². The number of nitrogens with one attached hydrogen (secondary N) is 2. The van der Waals surface area contributed by atoms with E-state index in [9.17, 15) is 4.79 Å². The number of aromatic nitrogens is 4. The lowest BCUT2D eigenvalue weighted by atomic mass is 10.2. The van der Waals surface area contributed by atoms with Crippen molar-refractivity contribution in [3.63, 3.8) is 0 Å². The van der Waals surface area contributed by atoms with E-state index in [1.54, 1.807) is 44.4 Å². The first-order valence-corrected chi connectivity index (χ1v) is 9.45. The fraction of sp³-hybridized carbons (Fsp3) is 0.176. The predicted molar refractivity (Wildman–Crippen MR) is 107 cm³/mol. The first-order chi connectivity index (χ1) is 13.0. The van der Waals surface area contributed by atoms with Crippen LogP contribution < -0.4 is 10.1 Å². The fourth-order valence-corrected chi connectivity index (χ4v) is 3.18. The van der Waals surface area contributed by atoms with Gasteiger partial charge in [-0.25, -0.2) is 9.97 Å². The standard InChI is InChI=1S/C17H15Cl2N5O2S/c1-9(16(25)21-14-6-4-11(19)8-20-14)27-17-22-15(23-24-17)12-7-10(18)3-5-13(12)26-2/h3-9H,1-2H3,(H,20,21,25)(H,22,23,24). The van der Waals surface area contributed by atoms with Gasteiger partial charge >= 0.3 is 0 Å². The second-order valence-corrected chi connectivity index (χ2v) is 7.60. The molecule has 2 heterocycles. The summed E-state index contributed by atoms with van der Waals surface area (Å²) >= 11 is 13.1. The predicted octanol–water partition coefficient (Wildman–Crippen LogP) is 4.30. The van der Waals surface area contributed by atoms with Crippen LogP contribution in [0.2, 0.25) is 10.0 Å². The second-order valence-electron chi connectivity index (χ2n) is 5.42. The van der Waals surface area contributed by atoms with Gasteiger partial charge < -0.3 is 10.1 Å². The van der Waals surface area contributed by atoms with Crippen LogP contribution in [0.15, 0.2) is 41.7 Å². The van der Waals surface area contributed by atoms with E-state index in [0.717, 1.165) is 0 Å². The van der Waals surface area contributed by atoms with Gasteiger partial charge in [-0.15, -0.1) is 5.10 Å². The van der Waals surface area contributed by atoms with Crippen LogP contribution in [0.25, 0.3) is 11.4 Å². The molecule has 0 saturated heterocycles. The number of rotatable bonds is 6. The van der Waals surface area contributed by atoms with E-state index in [-0.39, 0.29) is 5.91 Å². The summed E-state index contributed by atoms with van der Waals surface area (Å²) in [4.78, 5) is 20.8. The van der Waals surface area contributed by atoms with Gasteiger partial charge in [0.1, 0.15) is 11.6 Å². The third-order valence-electron chi connectivity index (χ3n) is 3.51. The minimum Gasteiger partial charge on any atom is -0.496 e. The summed E-state index contributed by atoms with van der Waals surface area (Å²) in [6, 6.07) is 8.50. The number of aromatic amines is 1. The zero-order valence-corrected chi connectivity index (χ0v) is 16.7. The van der Waals surface area contributed by atoms with Crippen LogP contribution in [-0.4, -0.2) is 38.4 Å². The molecule has 0 radical (unpaired) electrons. The van der Waals surface area contributed by atoms with Gasteiger partial charge in [-0.1, -0.05) is 35.0 Å². The second kappa shape index (κ2) is 8.60. The van der Waals surface area contributed by atoms with E-state index in [0.29, 0.717) is 38.2 Å². The summed E-state index contributed by atoms with van der Waals surface area (Å²) in [7, 11) is 1.57. The molecule has 0 fully saturated rings. The largest absolute Gasteiger partial charge is 0.496 e. The molecular weight excluding hydrogens is 409 g/mol. The molecule has 3 rings (SSSR count). The van der Waals surface area contributed by atoms with Gasteiger partial charge in [0.05, 0.1) is 22.9 Å². The number of H-pyrrole nitrogens is 1. The number of hydrogen-bond acceptors (Lipinski definition) is 6. The van der Waals surface area contributed by atoms with Gasteiger partial charge in [0.25, 0.3) is 0 Å². The van der Waals surface area contributed by atoms with Crippen LogP contribution in [0.4, 0.5) is 5.82 Å². The Morgan fingerprint density at radius 1 is 1.26 bits per heavy atom. The van der Waals surface area contributed by atoms with Gasteiger partial charge in [0.15, 0.2) is 5.82 Å². The Kier molecular flexibility index (Phi) is 6.20. The van der Waals surface area contributed by atoms with Gasteiger partial charge in [-0.05, 0) is 37.3 Å². The zero-order chi connectivity index (χ0) is 19.4. The van der Waals surface area contributed by atoms with E-state index in [4.69, 9.17) is 27.9 Å². The summed E-state index contributed by atoms with van der Waals surface area (Å²) < 4.78 is 5.32. The Labute approximate surface area is 169 Å². The molecule has 0 bridgehead atoms. The Balaban J connectivity index is 1.69. The third-order valence-corrected chi connectivity index (χ3v) is 4.93. The van der Waals surface area contributed by atoms with Crippen LogP contribution in [-0.2, 0) is 4.79 Å². The van der Waals surface area contributed by atoms with Gasteiger partial charge in [-0.2, -0.15) is 0 Å². The molecule has 1 aromatic carbocycles. The number of carbonyl (C=O) groups excluding carboxylic acids is 1. The van der Waals surface area contributed by atoms with Gasteiger partial charge in [0, 0.05) is 11.2 Å². The van der Waals surface area contributed by atoms with Crippen molar-refractivity contribution in [1.82, 2.24) is 20.2 Å². The third kappa shape index (κ3) is 4.91. The van der Waals surface area contributed by atoms with E-state index < -0.39 is 5.25 Å². The van der Waals surface area contributed by atoms with Crippen molar-refractivity contribution < 1.29 is 9.53 Å². The Hall–Kier alpha value is -2.29. The Bertz CT molecular complexity index is 949. The number of halogens is 2. The maximum atomic E-state index is 12.3. The summed E-state index contributed by atoms with van der Waals surface area (Å²) in [5.41, 5.74) is 0.687. The van der Waals surface area contributed by atoms with Crippen molar-refractivity contribution in [2.24, 2.45) is 0 Å². The molecule has 1 atom stereocenters. The normalized spacial score (nSPS) is 11.9. The number of amides is 1. The monoisotopic (exact) mass is 423 g/mol. The molecule has 10 heteroatoms. The number of carbonyl (C=O) groups is 1. The quantitative estimate of drug-likeness (QED) is 0.574. The maximum absolute atomic E-state index is 12.3. The lowest BCUT2D eigenvalue weighted by molar-refractivity contribution is -0.115. The number of pyridine rings is 1. The lowest BCUT2D eigenvalue weighted by Crippen LogP contribution is -2.23. The van der Waals surface area contributed by atoms with Crippen LogP contribution in [0.1, 0.15) is 6.92 Å². The van der Waals surface area contributed by atoms with E-state index in [1.807, 2.05) is 0 Å². The topological polar surface area (TPSA) is 92.8 Å². The van der Waals surface area contributed by atoms with Crippen molar-refractivity contribution in [3.05, 3.63) is 46.6 Å². The van der Waals surface area contributed by atoms with Gasteiger partial charge in [0.2, 0.25) is 11.1 Å². The highest BCUT2D eigenvalue weighted by Gasteiger charge is 2.19. The number of hydrogen-bond donors (Lipinski definition) is 2. The smallest absolute Gasteiger partial charge is 0.238 e. The Morgan fingerprint density at radius 3 is 2.74 bits per heavy atom. The van der Waals surface area contributed by atoms with Crippen LogP contribution in [0.5, 0.6) is 5.75 Å². The zero-order valence-electron chi connectivity index (χ0n) is 14.4. The van der Waals surface area contributed by atoms with E-state index in [1.165, 1.54) is 18.0 Å². The molecular formula is C17H15Cl2N5O2S. The molecule has 1 amide bonds. The van der Waals surface area contributed by atoms with Gasteiger partial charge in [-0.3, -0.25) is 9.89 Å². The average Bonchev–Trinajstić information content (AvgIpc) is 3.11. The molecule has 0 aliphatic carbocycles.